The van der Waals surface area contributed by atoms with Crippen molar-refractivity contribution in [1.82, 2.24) is 9.80 Å². The monoisotopic (exact) mass is 407 g/mol. The average molecular weight is 408 g/mol. The number of carbonyl (C=O) groups excluding carboxylic acids is 3. The van der Waals surface area contributed by atoms with Crippen LogP contribution in [0.15, 0.2) is 24.3 Å². The van der Waals surface area contributed by atoms with Gasteiger partial charge in [0.25, 0.3) is 0 Å². The lowest BCUT2D eigenvalue weighted by Crippen LogP contribution is -2.45. The highest BCUT2D eigenvalue weighted by molar-refractivity contribution is 6.31. The van der Waals surface area contributed by atoms with Gasteiger partial charge in [0.05, 0.1) is 0 Å². The molecular formula is C21H30ClN3O3. The van der Waals surface area contributed by atoms with Crippen molar-refractivity contribution < 1.29 is 14.4 Å². The minimum absolute atomic E-state index is 0.000936. The summed E-state index contributed by atoms with van der Waals surface area (Å²) in [5.41, 5.74) is 0.667. The molecule has 0 saturated carbocycles. The second kappa shape index (κ2) is 10.5. The largest absolute Gasteiger partial charge is 0.331 e. The molecule has 0 aromatic heterocycles. The summed E-state index contributed by atoms with van der Waals surface area (Å²) in [5, 5.41) is 0.537. The Balaban J connectivity index is 1.96. The van der Waals surface area contributed by atoms with Crippen molar-refractivity contribution in [2.45, 2.75) is 58.9 Å². The molecule has 1 fully saturated rings. The van der Waals surface area contributed by atoms with Gasteiger partial charge in [-0.05, 0) is 38.5 Å². The van der Waals surface area contributed by atoms with E-state index in [4.69, 9.17) is 11.6 Å². The highest BCUT2D eigenvalue weighted by Crippen LogP contribution is 2.23. The van der Waals surface area contributed by atoms with Crippen LogP contribution in [0.3, 0.4) is 0 Å². The summed E-state index contributed by atoms with van der Waals surface area (Å²) >= 11 is 6.01. The average Bonchev–Trinajstić information content (AvgIpc) is 3.04. The molecule has 0 bridgehead atoms. The highest BCUT2D eigenvalue weighted by Gasteiger charge is 2.33. The van der Waals surface area contributed by atoms with Crippen molar-refractivity contribution in [3.63, 3.8) is 0 Å². The van der Waals surface area contributed by atoms with Gasteiger partial charge in [-0.15, -0.1) is 0 Å². The molecule has 0 unspecified atom stereocenters. The van der Waals surface area contributed by atoms with Gasteiger partial charge in [0.2, 0.25) is 17.7 Å². The van der Waals surface area contributed by atoms with Crippen LogP contribution in [0.1, 0.15) is 52.9 Å². The second-order valence-electron chi connectivity index (χ2n) is 7.46. The molecule has 28 heavy (non-hydrogen) atoms. The van der Waals surface area contributed by atoms with Crippen molar-refractivity contribution in [2.24, 2.45) is 0 Å². The molecular weight excluding hydrogens is 378 g/mol. The first kappa shape index (κ1) is 22.2. The SMILES string of the molecule is CCCCCCC(=O)N(CC(=O)N1CC(=O)N(c2cccc(Cl)c2)C1)C(C)C. The molecule has 6 nitrogen and oxygen atoms in total. The highest BCUT2D eigenvalue weighted by atomic mass is 35.5. The van der Waals surface area contributed by atoms with E-state index in [2.05, 4.69) is 6.92 Å². The van der Waals surface area contributed by atoms with Gasteiger partial charge < -0.3 is 9.80 Å². The van der Waals surface area contributed by atoms with Crippen molar-refractivity contribution in [2.75, 3.05) is 24.7 Å². The third-order valence-corrected chi connectivity index (χ3v) is 5.14. The molecule has 0 atom stereocenters. The number of amides is 3. The predicted octanol–water partition coefficient (Wildman–Crippen LogP) is 3.68. The van der Waals surface area contributed by atoms with Crippen LogP contribution in [0.4, 0.5) is 5.69 Å². The Morgan fingerprint density at radius 2 is 1.96 bits per heavy atom. The standard InChI is InChI=1S/C21H30ClN3O3/c1-4-5-6-7-11-19(26)24(16(2)3)14-20(27)23-13-21(28)25(15-23)18-10-8-9-17(22)12-18/h8-10,12,16H,4-7,11,13-15H2,1-3H3. The lowest BCUT2D eigenvalue weighted by atomic mass is 10.1. The van der Waals surface area contributed by atoms with Crippen LogP contribution < -0.4 is 4.90 Å². The van der Waals surface area contributed by atoms with E-state index in [0.29, 0.717) is 17.1 Å². The zero-order chi connectivity index (χ0) is 20.7. The van der Waals surface area contributed by atoms with E-state index >= 15 is 0 Å². The van der Waals surface area contributed by atoms with E-state index in [9.17, 15) is 14.4 Å². The Morgan fingerprint density at radius 1 is 1.21 bits per heavy atom. The minimum Gasteiger partial charge on any atom is -0.331 e. The Labute approximate surface area is 172 Å². The number of halogens is 1. The molecule has 154 valence electrons. The van der Waals surface area contributed by atoms with Gasteiger partial charge in [0.15, 0.2) is 0 Å². The molecule has 1 aliphatic rings. The maximum absolute atomic E-state index is 12.8. The topological polar surface area (TPSA) is 60.9 Å². The summed E-state index contributed by atoms with van der Waals surface area (Å²) in [6, 6.07) is 6.94. The first-order valence-corrected chi connectivity index (χ1v) is 10.3. The quantitative estimate of drug-likeness (QED) is 0.586. The van der Waals surface area contributed by atoms with Crippen LogP contribution in [0.5, 0.6) is 0 Å². The van der Waals surface area contributed by atoms with Crippen LogP contribution in [0.25, 0.3) is 0 Å². The van der Waals surface area contributed by atoms with Gasteiger partial charge in [0.1, 0.15) is 19.8 Å². The van der Waals surface area contributed by atoms with Crippen molar-refractivity contribution in [1.29, 1.82) is 0 Å². The maximum atomic E-state index is 12.8. The van der Waals surface area contributed by atoms with Crippen LogP contribution in [-0.2, 0) is 14.4 Å². The lowest BCUT2D eigenvalue weighted by Gasteiger charge is -2.28. The fourth-order valence-electron chi connectivity index (χ4n) is 3.24. The Kier molecular flexibility index (Phi) is 8.30. The summed E-state index contributed by atoms with van der Waals surface area (Å²) in [6.07, 6.45) is 4.56. The molecule has 1 aromatic rings. The molecule has 1 heterocycles. The normalized spacial score (nSPS) is 14.1. The number of rotatable bonds is 9. The van der Waals surface area contributed by atoms with Gasteiger partial charge in [-0.25, -0.2) is 0 Å². The number of hydrogen-bond donors (Lipinski definition) is 0. The number of hydrogen-bond acceptors (Lipinski definition) is 3. The summed E-state index contributed by atoms with van der Waals surface area (Å²) < 4.78 is 0. The number of unbranched alkanes of at least 4 members (excludes halogenated alkanes) is 3. The molecule has 0 spiro atoms. The van der Waals surface area contributed by atoms with Crippen molar-refractivity contribution in [3.05, 3.63) is 29.3 Å². The van der Waals surface area contributed by atoms with Crippen LogP contribution in [0, 0.1) is 0 Å². The van der Waals surface area contributed by atoms with E-state index in [1.165, 1.54) is 9.80 Å². The van der Waals surface area contributed by atoms with Crippen molar-refractivity contribution >= 4 is 35.0 Å². The van der Waals surface area contributed by atoms with Gasteiger partial charge in [0, 0.05) is 23.2 Å². The Morgan fingerprint density at radius 3 is 2.61 bits per heavy atom. The Hall–Kier alpha value is -2.08. The van der Waals surface area contributed by atoms with Crippen molar-refractivity contribution in [3.8, 4) is 0 Å². The minimum atomic E-state index is -0.214. The third kappa shape index (κ3) is 5.96. The molecule has 1 aromatic carbocycles. The number of benzene rings is 1. The summed E-state index contributed by atoms with van der Waals surface area (Å²) in [5.74, 6) is -0.372. The molecule has 1 aliphatic heterocycles. The molecule has 1 saturated heterocycles. The smallest absolute Gasteiger partial charge is 0.248 e. The predicted molar refractivity (Wildman–Crippen MR) is 111 cm³/mol. The fourth-order valence-corrected chi connectivity index (χ4v) is 3.42. The lowest BCUT2D eigenvalue weighted by molar-refractivity contribution is -0.141. The van der Waals surface area contributed by atoms with Gasteiger partial charge in [-0.3, -0.25) is 19.3 Å². The molecule has 0 radical (unpaired) electrons. The zero-order valence-electron chi connectivity index (χ0n) is 17.0. The van der Waals surface area contributed by atoms with Gasteiger partial charge >= 0.3 is 0 Å². The number of nitrogens with zero attached hydrogens (tertiary/aromatic N) is 3. The Bertz CT molecular complexity index is 708. The molecule has 0 N–H and O–H groups in total. The van der Waals surface area contributed by atoms with E-state index in [1.54, 1.807) is 29.2 Å². The van der Waals surface area contributed by atoms with Crippen LogP contribution in [-0.4, -0.2) is 53.3 Å². The van der Waals surface area contributed by atoms with E-state index in [1.807, 2.05) is 13.8 Å². The second-order valence-corrected chi connectivity index (χ2v) is 7.90. The zero-order valence-corrected chi connectivity index (χ0v) is 17.7. The van der Waals surface area contributed by atoms with Gasteiger partial charge in [-0.1, -0.05) is 43.9 Å². The summed E-state index contributed by atoms with van der Waals surface area (Å²) in [7, 11) is 0. The number of carbonyl (C=O) groups is 3. The number of anilines is 1. The van der Waals surface area contributed by atoms with Crippen LogP contribution in [0.2, 0.25) is 5.02 Å². The first-order chi connectivity index (χ1) is 13.3. The van der Waals surface area contributed by atoms with E-state index in [0.717, 1.165) is 25.7 Å². The van der Waals surface area contributed by atoms with Crippen LogP contribution >= 0.6 is 11.6 Å². The van der Waals surface area contributed by atoms with Gasteiger partial charge in [-0.2, -0.15) is 0 Å². The molecule has 2 rings (SSSR count). The molecule has 7 heteroatoms. The maximum Gasteiger partial charge on any atom is 0.248 e. The first-order valence-electron chi connectivity index (χ1n) is 9.96. The van der Waals surface area contributed by atoms with E-state index < -0.39 is 0 Å². The molecule has 3 amide bonds. The fraction of sp³-hybridized carbons (Fsp3) is 0.571. The third-order valence-electron chi connectivity index (χ3n) is 4.91. The summed E-state index contributed by atoms with van der Waals surface area (Å²) in [4.78, 5) is 42.3. The molecule has 0 aliphatic carbocycles. The van der Waals surface area contributed by atoms with E-state index in [-0.39, 0.29) is 43.5 Å². The summed E-state index contributed by atoms with van der Waals surface area (Å²) in [6.45, 7) is 6.14.